The first-order valence-electron chi connectivity index (χ1n) is 5.89. The summed E-state index contributed by atoms with van der Waals surface area (Å²) in [6.45, 7) is 2.77. The molecule has 0 aromatic heterocycles. The van der Waals surface area contributed by atoms with Crippen molar-refractivity contribution in [1.29, 1.82) is 0 Å². The van der Waals surface area contributed by atoms with E-state index in [1.807, 2.05) is 0 Å². The van der Waals surface area contributed by atoms with Crippen LogP contribution < -0.4 is 0 Å². The van der Waals surface area contributed by atoms with Gasteiger partial charge in [0, 0.05) is 13.1 Å². The Hall–Kier alpha value is -1.26. The first-order chi connectivity index (χ1) is 8.39. The number of piperidine rings is 1. The highest BCUT2D eigenvalue weighted by Crippen LogP contribution is 2.26. The van der Waals surface area contributed by atoms with Gasteiger partial charge < -0.3 is 15.1 Å². The summed E-state index contributed by atoms with van der Waals surface area (Å²) in [7, 11) is 0. The third-order valence-electron chi connectivity index (χ3n) is 3.31. The minimum atomic E-state index is -0.695. The fourth-order valence-corrected chi connectivity index (χ4v) is 2.24. The fourth-order valence-electron chi connectivity index (χ4n) is 2.04. The lowest BCUT2D eigenvalue weighted by atomic mass is 9.93. The highest BCUT2D eigenvalue weighted by molar-refractivity contribution is 6.33. The maximum Gasteiger partial charge on any atom is 0.255 e. The predicted molar refractivity (Wildman–Crippen MR) is 68.9 cm³/mol. The summed E-state index contributed by atoms with van der Waals surface area (Å²) >= 11 is 5.96. The summed E-state index contributed by atoms with van der Waals surface area (Å²) in [6.07, 6.45) is 1.10. The molecule has 0 bridgehead atoms. The van der Waals surface area contributed by atoms with Crippen molar-refractivity contribution in [2.75, 3.05) is 13.1 Å². The lowest BCUT2D eigenvalue weighted by Gasteiger charge is -2.35. The number of carbonyl (C=O) groups excluding carboxylic acids is 1. The Morgan fingerprint density at radius 3 is 2.61 bits per heavy atom. The Morgan fingerprint density at radius 2 is 2.00 bits per heavy atom. The third-order valence-corrected chi connectivity index (χ3v) is 3.64. The Balaban J connectivity index is 2.15. The van der Waals surface area contributed by atoms with E-state index in [1.54, 1.807) is 11.8 Å². The van der Waals surface area contributed by atoms with Crippen LogP contribution >= 0.6 is 11.6 Å². The number of phenols is 1. The average Bonchev–Trinajstić information content (AvgIpc) is 2.31. The minimum absolute atomic E-state index is 0.0201. The molecule has 0 spiro atoms. The second kappa shape index (κ2) is 4.78. The summed E-state index contributed by atoms with van der Waals surface area (Å²) < 4.78 is 0. The van der Waals surface area contributed by atoms with Crippen LogP contribution in [0.5, 0.6) is 5.75 Å². The molecule has 1 aromatic carbocycles. The van der Waals surface area contributed by atoms with Crippen LogP contribution in [0.3, 0.4) is 0 Å². The largest absolute Gasteiger partial charge is 0.508 e. The van der Waals surface area contributed by atoms with Gasteiger partial charge in [-0.15, -0.1) is 0 Å². The van der Waals surface area contributed by atoms with E-state index in [-0.39, 0.29) is 11.7 Å². The first-order valence-corrected chi connectivity index (χ1v) is 6.27. The zero-order valence-corrected chi connectivity index (χ0v) is 10.9. The fraction of sp³-hybridized carbons (Fsp3) is 0.462. The molecule has 1 saturated heterocycles. The topological polar surface area (TPSA) is 60.8 Å². The normalized spacial score (nSPS) is 18.7. The Morgan fingerprint density at radius 1 is 1.39 bits per heavy atom. The van der Waals surface area contributed by atoms with Gasteiger partial charge in [0.1, 0.15) is 5.75 Å². The first kappa shape index (κ1) is 13.2. The van der Waals surface area contributed by atoms with Crippen LogP contribution in [0.4, 0.5) is 0 Å². The molecule has 0 atom stereocenters. The van der Waals surface area contributed by atoms with Crippen molar-refractivity contribution >= 4 is 17.5 Å². The van der Waals surface area contributed by atoms with Crippen molar-refractivity contribution in [3.05, 3.63) is 28.8 Å². The monoisotopic (exact) mass is 269 g/mol. The van der Waals surface area contributed by atoms with E-state index in [1.165, 1.54) is 18.2 Å². The molecule has 18 heavy (non-hydrogen) atoms. The van der Waals surface area contributed by atoms with Gasteiger partial charge in [0.15, 0.2) is 0 Å². The SMILES string of the molecule is CC1(O)CCN(C(=O)c2cc(O)ccc2Cl)CC1. The summed E-state index contributed by atoms with van der Waals surface area (Å²) in [6, 6.07) is 4.32. The van der Waals surface area contributed by atoms with Gasteiger partial charge >= 0.3 is 0 Å². The summed E-state index contributed by atoms with van der Waals surface area (Å²) in [5.74, 6) is -0.182. The third kappa shape index (κ3) is 2.76. The highest BCUT2D eigenvalue weighted by atomic mass is 35.5. The molecule has 2 rings (SSSR count). The molecule has 5 heteroatoms. The van der Waals surface area contributed by atoms with E-state index >= 15 is 0 Å². The van der Waals surface area contributed by atoms with Gasteiger partial charge in [-0.05, 0) is 38.0 Å². The second-order valence-corrected chi connectivity index (χ2v) is 5.36. The molecule has 4 nitrogen and oxygen atoms in total. The van der Waals surface area contributed by atoms with Crippen LogP contribution in [0.15, 0.2) is 18.2 Å². The van der Waals surface area contributed by atoms with Gasteiger partial charge in [0.25, 0.3) is 5.91 Å². The predicted octanol–water partition coefficient (Wildman–Crippen LogP) is 2.03. The zero-order chi connectivity index (χ0) is 13.3. The molecule has 2 N–H and O–H groups in total. The van der Waals surface area contributed by atoms with Crippen molar-refractivity contribution in [3.63, 3.8) is 0 Å². The lowest BCUT2D eigenvalue weighted by molar-refractivity contribution is -0.00203. The Bertz CT molecular complexity index is 463. The van der Waals surface area contributed by atoms with Crippen molar-refractivity contribution < 1.29 is 15.0 Å². The second-order valence-electron chi connectivity index (χ2n) is 4.95. The number of aliphatic hydroxyl groups is 1. The van der Waals surface area contributed by atoms with Crippen molar-refractivity contribution in [2.45, 2.75) is 25.4 Å². The number of nitrogens with zero attached hydrogens (tertiary/aromatic N) is 1. The van der Waals surface area contributed by atoms with Crippen LogP contribution in [-0.2, 0) is 0 Å². The summed E-state index contributed by atoms with van der Waals surface area (Å²) in [4.78, 5) is 13.9. The van der Waals surface area contributed by atoms with Crippen LogP contribution in [0.1, 0.15) is 30.1 Å². The van der Waals surface area contributed by atoms with Gasteiger partial charge in [0.05, 0.1) is 16.2 Å². The van der Waals surface area contributed by atoms with E-state index < -0.39 is 5.60 Å². The smallest absolute Gasteiger partial charge is 0.255 e. The Kier molecular flexibility index (Phi) is 3.50. The number of hydrogen-bond donors (Lipinski definition) is 2. The number of aromatic hydroxyl groups is 1. The van der Waals surface area contributed by atoms with Crippen molar-refractivity contribution in [3.8, 4) is 5.75 Å². The number of rotatable bonds is 1. The zero-order valence-electron chi connectivity index (χ0n) is 10.2. The molecular weight excluding hydrogens is 254 g/mol. The van der Waals surface area contributed by atoms with Crippen LogP contribution in [0.25, 0.3) is 0 Å². The van der Waals surface area contributed by atoms with Gasteiger partial charge in [-0.1, -0.05) is 11.6 Å². The maximum absolute atomic E-state index is 12.2. The van der Waals surface area contributed by atoms with Crippen molar-refractivity contribution in [2.24, 2.45) is 0 Å². The van der Waals surface area contributed by atoms with Crippen LogP contribution in [0, 0.1) is 0 Å². The van der Waals surface area contributed by atoms with E-state index in [9.17, 15) is 15.0 Å². The number of carbonyl (C=O) groups is 1. The van der Waals surface area contributed by atoms with E-state index in [0.29, 0.717) is 36.5 Å². The molecule has 1 aliphatic rings. The number of amides is 1. The molecule has 1 heterocycles. The summed E-state index contributed by atoms with van der Waals surface area (Å²) in [5.41, 5.74) is -0.391. The number of hydrogen-bond acceptors (Lipinski definition) is 3. The van der Waals surface area contributed by atoms with Gasteiger partial charge in [-0.3, -0.25) is 4.79 Å². The lowest BCUT2D eigenvalue weighted by Crippen LogP contribution is -2.45. The van der Waals surface area contributed by atoms with E-state index in [4.69, 9.17) is 11.6 Å². The van der Waals surface area contributed by atoms with Gasteiger partial charge in [0.2, 0.25) is 0 Å². The van der Waals surface area contributed by atoms with E-state index in [2.05, 4.69) is 0 Å². The number of likely N-dealkylation sites (tertiary alicyclic amines) is 1. The van der Waals surface area contributed by atoms with Gasteiger partial charge in [-0.2, -0.15) is 0 Å². The van der Waals surface area contributed by atoms with Crippen molar-refractivity contribution in [1.82, 2.24) is 4.90 Å². The minimum Gasteiger partial charge on any atom is -0.508 e. The molecule has 0 unspecified atom stereocenters. The molecule has 1 amide bonds. The number of benzene rings is 1. The molecule has 1 aliphatic heterocycles. The molecule has 98 valence electrons. The quantitative estimate of drug-likeness (QED) is 0.820. The van der Waals surface area contributed by atoms with E-state index in [0.717, 1.165) is 0 Å². The standard InChI is InChI=1S/C13H16ClNO3/c1-13(18)4-6-15(7-5-13)12(17)10-8-9(16)2-3-11(10)14/h2-3,8,16,18H,4-7H2,1H3. The number of phenolic OH excluding ortho intramolecular Hbond substituents is 1. The number of halogens is 1. The summed E-state index contributed by atoms with van der Waals surface area (Å²) in [5, 5.41) is 19.6. The maximum atomic E-state index is 12.2. The molecule has 0 saturated carbocycles. The highest BCUT2D eigenvalue weighted by Gasteiger charge is 2.30. The molecule has 0 aliphatic carbocycles. The molecule has 1 aromatic rings. The van der Waals surface area contributed by atoms with Crippen LogP contribution in [0.2, 0.25) is 5.02 Å². The molecule has 0 radical (unpaired) electrons. The molecule has 1 fully saturated rings. The van der Waals surface area contributed by atoms with Gasteiger partial charge in [-0.25, -0.2) is 0 Å². The Labute approximate surface area is 111 Å². The molecular formula is C13H16ClNO3. The average molecular weight is 270 g/mol. The van der Waals surface area contributed by atoms with Crippen LogP contribution in [-0.4, -0.2) is 39.7 Å².